The van der Waals surface area contributed by atoms with Gasteiger partial charge in [0.25, 0.3) is 11.8 Å². The monoisotopic (exact) mass is 298 g/mol. The van der Waals surface area contributed by atoms with Crippen molar-refractivity contribution in [3.8, 4) is 5.75 Å². The highest BCUT2D eigenvalue weighted by molar-refractivity contribution is 6.21. The van der Waals surface area contributed by atoms with Gasteiger partial charge in [-0.3, -0.25) is 14.5 Å². The molecule has 0 spiro atoms. The zero-order valence-corrected chi connectivity index (χ0v) is 12.5. The summed E-state index contributed by atoms with van der Waals surface area (Å²) in [6.07, 6.45) is 0. The average Bonchev–Trinajstić information content (AvgIpc) is 2.81. The number of hydrogen-bond acceptors (Lipinski definition) is 4. The summed E-state index contributed by atoms with van der Waals surface area (Å²) in [6.45, 7) is 4.02. The summed E-state index contributed by atoms with van der Waals surface area (Å²) in [4.78, 5) is 25.4. The van der Waals surface area contributed by atoms with E-state index in [1.807, 2.05) is 13.8 Å². The van der Waals surface area contributed by atoms with Crippen LogP contribution < -0.4 is 5.32 Å². The fourth-order valence-corrected chi connectivity index (χ4v) is 2.17. The van der Waals surface area contributed by atoms with Crippen molar-refractivity contribution >= 4 is 17.5 Å². The van der Waals surface area contributed by atoms with E-state index in [0.717, 1.165) is 4.90 Å². The summed E-state index contributed by atoms with van der Waals surface area (Å²) in [7, 11) is 0. The van der Waals surface area contributed by atoms with Crippen LogP contribution in [0.5, 0.6) is 5.75 Å². The summed E-state index contributed by atoms with van der Waals surface area (Å²) < 4.78 is 0. The third-order valence-electron chi connectivity index (χ3n) is 3.21. The molecule has 0 atom stereocenters. The molecule has 2 aromatic rings. The molecule has 5 heteroatoms. The summed E-state index contributed by atoms with van der Waals surface area (Å²) in [5.74, 6) is -0.578. The molecule has 1 aliphatic rings. The van der Waals surface area contributed by atoms with Crippen LogP contribution in [0.2, 0.25) is 0 Å². The van der Waals surface area contributed by atoms with E-state index in [2.05, 4.69) is 5.32 Å². The number of fused-ring (bicyclic) bond motifs is 1. The van der Waals surface area contributed by atoms with Gasteiger partial charge in [-0.1, -0.05) is 38.1 Å². The van der Waals surface area contributed by atoms with Gasteiger partial charge in [0, 0.05) is 0 Å². The van der Waals surface area contributed by atoms with Gasteiger partial charge in [-0.25, -0.2) is 0 Å². The van der Waals surface area contributed by atoms with Crippen LogP contribution in [-0.2, 0) is 0 Å². The minimum absolute atomic E-state index is 0.0178. The Morgan fingerprint density at radius 1 is 0.909 bits per heavy atom. The van der Waals surface area contributed by atoms with Crippen molar-refractivity contribution in [2.24, 2.45) is 0 Å². The third-order valence-corrected chi connectivity index (χ3v) is 3.21. The van der Waals surface area contributed by atoms with E-state index in [-0.39, 0.29) is 24.2 Å². The molecule has 114 valence electrons. The number of phenols is 1. The Morgan fingerprint density at radius 3 is 1.95 bits per heavy atom. The Kier molecular flexibility index (Phi) is 4.78. The summed E-state index contributed by atoms with van der Waals surface area (Å²) in [5.41, 5.74) is 1.30. The van der Waals surface area contributed by atoms with Crippen LogP contribution in [0.4, 0.5) is 5.69 Å². The Morgan fingerprint density at radius 2 is 1.41 bits per heavy atom. The smallest absolute Gasteiger partial charge is 0.263 e. The number of hydrogen-bond donors (Lipinski definition) is 2. The third kappa shape index (κ3) is 2.79. The molecule has 0 bridgehead atoms. The predicted octanol–water partition coefficient (Wildman–Crippen LogP) is 3.08. The standard InChI is InChI=1S/C15H12N2O3.C2H6/c18-13-8-4-3-7-12(13)16-9-17-14(19)10-5-1-2-6-11(10)15(17)20;1-2/h1-8,16,18H,9H2;1-2H3. The number of amides is 2. The lowest BCUT2D eigenvalue weighted by molar-refractivity contribution is 0.0665. The number of rotatable bonds is 3. The molecule has 5 nitrogen and oxygen atoms in total. The molecular weight excluding hydrogens is 280 g/mol. The number of nitrogens with one attached hydrogen (secondary N) is 1. The number of phenolic OH excluding ortho intramolecular Hbond substituents is 1. The van der Waals surface area contributed by atoms with Gasteiger partial charge in [0.2, 0.25) is 0 Å². The van der Waals surface area contributed by atoms with Gasteiger partial charge in [-0.05, 0) is 24.3 Å². The molecule has 22 heavy (non-hydrogen) atoms. The van der Waals surface area contributed by atoms with Crippen LogP contribution in [0.1, 0.15) is 34.6 Å². The molecule has 2 aromatic carbocycles. The quantitative estimate of drug-likeness (QED) is 0.675. The highest BCUT2D eigenvalue weighted by Crippen LogP contribution is 2.24. The number of imide groups is 1. The Bertz CT molecular complexity index is 663. The molecule has 1 heterocycles. The zero-order chi connectivity index (χ0) is 16.1. The van der Waals surface area contributed by atoms with Crippen LogP contribution in [0, 0.1) is 0 Å². The van der Waals surface area contributed by atoms with Crippen molar-refractivity contribution in [2.45, 2.75) is 13.8 Å². The van der Waals surface area contributed by atoms with E-state index in [1.165, 1.54) is 6.07 Å². The second-order valence-corrected chi connectivity index (χ2v) is 4.44. The number of nitrogens with zero attached hydrogens (tertiary/aromatic N) is 1. The van der Waals surface area contributed by atoms with Gasteiger partial charge in [0.1, 0.15) is 5.75 Å². The second kappa shape index (κ2) is 6.76. The van der Waals surface area contributed by atoms with E-state index in [4.69, 9.17) is 0 Å². The molecular formula is C17H18N2O3. The van der Waals surface area contributed by atoms with Crippen molar-refractivity contribution < 1.29 is 14.7 Å². The van der Waals surface area contributed by atoms with Crippen LogP contribution >= 0.6 is 0 Å². The molecule has 0 aliphatic carbocycles. The minimum atomic E-state index is -0.325. The highest BCUT2D eigenvalue weighted by atomic mass is 16.3. The van der Waals surface area contributed by atoms with Crippen LogP contribution in [0.15, 0.2) is 48.5 Å². The van der Waals surface area contributed by atoms with E-state index < -0.39 is 0 Å². The van der Waals surface area contributed by atoms with E-state index in [9.17, 15) is 14.7 Å². The predicted molar refractivity (Wildman–Crippen MR) is 84.9 cm³/mol. The summed E-state index contributed by atoms with van der Waals surface area (Å²) in [5, 5.41) is 12.5. The number of carbonyl (C=O) groups excluding carboxylic acids is 2. The van der Waals surface area contributed by atoms with Crippen LogP contribution in [0.3, 0.4) is 0 Å². The lowest BCUT2D eigenvalue weighted by Gasteiger charge is -2.16. The molecule has 0 fully saturated rings. The maximum atomic E-state index is 12.1. The molecule has 2 N–H and O–H groups in total. The maximum Gasteiger partial charge on any atom is 0.263 e. The molecule has 0 saturated carbocycles. The Balaban J connectivity index is 0.000000847. The van der Waals surface area contributed by atoms with Gasteiger partial charge < -0.3 is 10.4 Å². The number of benzene rings is 2. The number of anilines is 1. The molecule has 0 radical (unpaired) electrons. The molecule has 3 rings (SSSR count). The van der Waals surface area contributed by atoms with Gasteiger partial charge >= 0.3 is 0 Å². The molecule has 0 aromatic heterocycles. The number of carbonyl (C=O) groups is 2. The van der Waals surface area contributed by atoms with Crippen molar-refractivity contribution in [3.63, 3.8) is 0 Å². The van der Waals surface area contributed by atoms with Crippen molar-refractivity contribution in [1.29, 1.82) is 0 Å². The van der Waals surface area contributed by atoms with Gasteiger partial charge in [0.15, 0.2) is 0 Å². The SMILES string of the molecule is CC.O=C1c2ccccc2C(=O)N1CNc1ccccc1O. The van der Waals surface area contributed by atoms with Gasteiger partial charge in [0.05, 0.1) is 23.5 Å². The fraction of sp³-hybridized carbons (Fsp3) is 0.176. The summed E-state index contributed by atoms with van der Waals surface area (Å²) in [6, 6.07) is 13.4. The second-order valence-electron chi connectivity index (χ2n) is 4.44. The first-order valence-corrected chi connectivity index (χ1v) is 7.15. The zero-order valence-electron chi connectivity index (χ0n) is 12.5. The number of para-hydroxylation sites is 2. The normalized spacial score (nSPS) is 12.5. The Labute approximate surface area is 129 Å². The Hall–Kier alpha value is -2.82. The molecule has 1 aliphatic heterocycles. The maximum absolute atomic E-state index is 12.1. The first-order chi connectivity index (χ1) is 10.7. The highest BCUT2D eigenvalue weighted by Gasteiger charge is 2.34. The lowest BCUT2D eigenvalue weighted by Crippen LogP contribution is -2.34. The molecule has 0 unspecified atom stereocenters. The van der Waals surface area contributed by atoms with Crippen molar-refractivity contribution in [2.75, 3.05) is 12.0 Å². The van der Waals surface area contributed by atoms with E-state index >= 15 is 0 Å². The van der Waals surface area contributed by atoms with Crippen molar-refractivity contribution in [3.05, 3.63) is 59.7 Å². The lowest BCUT2D eigenvalue weighted by atomic mass is 10.1. The van der Waals surface area contributed by atoms with Crippen molar-refractivity contribution in [1.82, 2.24) is 4.90 Å². The van der Waals surface area contributed by atoms with E-state index in [0.29, 0.717) is 16.8 Å². The topological polar surface area (TPSA) is 69.6 Å². The molecule has 0 saturated heterocycles. The average molecular weight is 298 g/mol. The molecule has 2 amide bonds. The summed E-state index contributed by atoms with van der Waals surface area (Å²) >= 11 is 0. The van der Waals surface area contributed by atoms with E-state index in [1.54, 1.807) is 42.5 Å². The number of aromatic hydroxyl groups is 1. The fourth-order valence-electron chi connectivity index (χ4n) is 2.17. The first-order valence-electron chi connectivity index (χ1n) is 7.15. The largest absolute Gasteiger partial charge is 0.506 e. The first kappa shape index (κ1) is 15.6. The van der Waals surface area contributed by atoms with Gasteiger partial charge in [-0.2, -0.15) is 0 Å². The van der Waals surface area contributed by atoms with Crippen LogP contribution in [-0.4, -0.2) is 28.5 Å². The van der Waals surface area contributed by atoms with Crippen LogP contribution in [0.25, 0.3) is 0 Å². The minimum Gasteiger partial charge on any atom is -0.506 e. The van der Waals surface area contributed by atoms with Gasteiger partial charge in [-0.15, -0.1) is 0 Å².